The number of hydrogen-bond donors (Lipinski definition) is 1. The largest absolute Gasteiger partial charge is 0.373 e. The molecule has 0 spiro atoms. The second-order valence-corrected chi connectivity index (χ2v) is 4.98. The zero-order valence-electron chi connectivity index (χ0n) is 13.2. The number of fused-ring (bicyclic) bond motifs is 1. The first-order chi connectivity index (χ1) is 8.74. The van der Waals surface area contributed by atoms with E-state index in [4.69, 9.17) is 10.5 Å². The van der Waals surface area contributed by atoms with Crippen molar-refractivity contribution < 1.29 is 4.74 Å². The van der Waals surface area contributed by atoms with Gasteiger partial charge in [-0.25, -0.2) is 0 Å². The molecule has 4 fully saturated rings. The molecule has 1 aliphatic carbocycles. The molecule has 3 aliphatic heterocycles. The standard InChI is InChI=1S/C6H11NO.C5H11N.2C2H6/c7-4-6-1-5(2-6)3-8-6;1-6-4-2-3-5-6;2*1-2/h5H,1-4,7H2;2-5H2,1H3;2*1-2H3. The lowest BCUT2D eigenvalue weighted by atomic mass is 9.75. The van der Waals surface area contributed by atoms with Crippen molar-refractivity contribution in [1.82, 2.24) is 4.90 Å². The fraction of sp³-hybridized carbons (Fsp3) is 1.00. The molecule has 0 radical (unpaired) electrons. The van der Waals surface area contributed by atoms with Gasteiger partial charge >= 0.3 is 0 Å². The van der Waals surface area contributed by atoms with Crippen molar-refractivity contribution in [2.24, 2.45) is 11.7 Å². The molecule has 2 bridgehead atoms. The van der Waals surface area contributed by atoms with Crippen LogP contribution in [0.5, 0.6) is 0 Å². The molecule has 4 aliphatic rings. The molecule has 0 unspecified atom stereocenters. The Morgan fingerprint density at radius 2 is 1.61 bits per heavy atom. The molecule has 3 heterocycles. The lowest BCUT2D eigenvalue weighted by Crippen LogP contribution is -2.43. The van der Waals surface area contributed by atoms with Crippen LogP contribution in [0.15, 0.2) is 0 Å². The van der Waals surface area contributed by atoms with Gasteiger partial charge in [-0.05, 0) is 51.7 Å². The van der Waals surface area contributed by atoms with Gasteiger partial charge in [0.2, 0.25) is 0 Å². The van der Waals surface area contributed by atoms with E-state index >= 15 is 0 Å². The summed E-state index contributed by atoms with van der Waals surface area (Å²) in [6, 6.07) is 0. The Labute approximate surface area is 114 Å². The van der Waals surface area contributed by atoms with E-state index in [1.165, 1.54) is 38.8 Å². The third kappa shape index (κ3) is 5.25. The van der Waals surface area contributed by atoms with Gasteiger partial charge in [0.15, 0.2) is 0 Å². The van der Waals surface area contributed by atoms with Crippen LogP contribution >= 0.6 is 0 Å². The zero-order chi connectivity index (χ0) is 14.0. The first kappa shape index (κ1) is 17.9. The van der Waals surface area contributed by atoms with Gasteiger partial charge in [0, 0.05) is 6.54 Å². The smallest absolute Gasteiger partial charge is 0.0811 e. The predicted octanol–water partition coefficient (Wildman–Crippen LogP) is 2.89. The van der Waals surface area contributed by atoms with Gasteiger partial charge in [-0.3, -0.25) is 0 Å². The van der Waals surface area contributed by atoms with Crippen LogP contribution in [0.2, 0.25) is 0 Å². The second kappa shape index (κ2) is 9.76. The summed E-state index contributed by atoms with van der Waals surface area (Å²) in [5.41, 5.74) is 5.64. The molecule has 18 heavy (non-hydrogen) atoms. The Kier molecular flexibility index (Phi) is 9.70. The Morgan fingerprint density at radius 1 is 1.11 bits per heavy atom. The third-order valence-corrected chi connectivity index (χ3v) is 3.65. The molecular weight excluding hydrogens is 224 g/mol. The minimum absolute atomic E-state index is 0.157. The van der Waals surface area contributed by atoms with E-state index in [9.17, 15) is 0 Å². The highest BCUT2D eigenvalue weighted by atomic mass is 16.5. The quantitative estimate of drug-likeness (QED) is 0.786. The zero-order valence-corrected chi connectivity index (χ0v) is 13.2. The maximum Gasteiger partial charge on any atom is 0.0811 e. The fourth-order valence-corrected chi connectivity index (χ4v) is 2.62. The highest BCUT2D eigenvalue weighted by Gasteiger charge is 2.50. The minimum atomic E-state index is 0.157. The number of ether oxygens (including phenoxy) is 1. The van der Waals surface area contributed by atoms with Crippen LogP contribution in [0.4, 0.5) is 0 Å². The molecule has 3 heteroatoms. The highest BCUT2D eigenvalue weighted by molar-refractivity contribution is 5.01. The summed E-state index contributed by atoms with van der Waals surface area (Å²) in [5.74, 6) is 0.860. The number of likely N-dealkylation sites (tertiary alicyclic amines) is 1. The molecule has 0 amide bonds. The van der Waals surface area contributed by atoms with Gasteiger partial charge in [-0.15, -0.1) is 0 Å². The van der Waals surface area contributed by atoms with Crippen molar-refractivity contribution in [3.63, 3.8) is 0 Å². The fourth-order valence-electron chi connectivity index (χ4n) is 2.62. The molecule has 3 saturated heterocycles. The third-order valence-electron chi connectivity index (χ3n) is 3.65. The van der Waals surface area contributed by atoms with Gasteiger partial charge in [0.1, 0.15) is 0 Å². The lowest BCUT2D eigenvalue weighted by molar-refractivity contribution is 0.0106. The number of rotatable bonds is 1. The average molecular weight is 258 g/mol. The second-order valence-electron chi connectivity index (χ2n) is 4.98. The van der Waals surface area contributed by atoms with Crippen LogP contribution in [0.3, 0.4) is 0 Å². The van der Waals surface area contributed by atoms with Gasteiger partial charge in [0.05, 0.1) is 12.2 Å². The summed E-state index contributed by atoms with van der Waals surface area (Å²) in [7, 11) is 2.17. The lowest BCUT2D eigenvalue weighted by Gasteiger charge is -2.34. The van der Waals surface area contributed by atoms with E-state index in [0.29, 0.717) is 0 Å². The molecule has 0 atom stereocenters. The molecule has 3 nitrogen and oxygen atoms in total. The van der Waals surface area contributed by atoms with Crippen molar-refractivity contribution in [3.05, 3.63) is 0 Å². The van der Waals surface area contributed by atoms with Crippen LogP contribution in [0, 0.1) is 5.92 Å². The maximum atomic E-state index is 5.48. The topological polar surface area (TPSA) is 38.5 Å². The normalized spacial score (nSPS) is 32.0. The summed E-state index contributed by atoms with van der Waals surface area (Å²) in [6.45, 7) is 12.3. The Hall–Kier alpha value is -0.120. The number of nitrogens with zero attached hydrogens (tertiary/aromatic N) is 1. The first-order valence-electron chi connectivity index (χ1n) is 7.77. The summed E-state index contributed by atoms with van der Waals surface area (Å²) in [6.07, 6.45) is 5.28. The number of hydrogen-bond acceptors (Lipinski definition) is 3. The molecule has 110 valence electrons. The summed E-state index contributed by atoms with van der Waals surface area (Å²) >= 11 is 0. The molecule has 0 aromatic heterocycles. The van der Waals surface area contributed by atoms with Crippen molar-refractivity contribution >= 4 is 0 Å². The van der Waals surface area contributed by atoms with Gasteiger partial charge in [-0.2, -0.15) is 0 Å². The Balaban J connectivity index is 0.000000259. The van der Waals surface area contributed by atoms with Crippen LogP contribution in [0.1, 0.15) is 53.4 Å². The molecule has 0 aromatic carbocycles. The summed E-state index contributed by atoms with van der Waals surface area (Å²) in [4.78, 5) is 2.36. The summed E-state index contributed by atoms with van der Waals surface area (Å²) in [5, 5.41) is 0. The van der Waals surface area contributed by atoms with Crippen molar-refractivity contribution in [2.75, 3.05) is 33.3 Å². The minimum Gasteiger partial charge on any atom is -0.373 e. The highest BCUT2D eigenvalue weighted by Crippen LogP contribution is 2.47. The van der Waals surface area contributed by atoms with Crippen LogP contribution in [-0.4, -0.2) is 43.8 Å². The van der Waals surface area contributed by atoms with Crippen LogP contribution in [-0.2, 0) is 4.74 Å². The Morgan fingerprint density at radius 3 is 1.78 bits per heavy atom. The van der Waals surface area contributed by atoms with E-state index < -0.39 is 0 Å². The van der Waals surface area contributed by atoms with Crippen molar-refractivity contribution in [1.29, 1.82) is 0 Å². The average Bonchev–Trinajstić information content (AvgIpc) is 3.10. The Bertz CT molecular complexity index is 179. The van der Waals surface area contributed by atoms with E-state index in [2.05, 4.69) is 11.9 Å². The van der Waals surface area contributed by atoms with Gasteiger partial charge < -0.3 is 15.4 Å². The molecule has 0 aromatic rings. The molecule has 2 N–H and O–H groups in total. The monoisotopic (exact) mass is 258 g/mol. The van der Waals surface area contributed by atoms with Gasteiger partial charge in [0.25, 0.3) is 0 Å². The molecular formula is C15H34N2O. The van der Waals surface area contributed by atoms with Gasteiger partial charge in [-0.1, -0.05) is 27.7 Å². The predicted molar refractivity (Wildman–Crippen MR) is 79.9 cm³/mol. The maximum absolute atomic E-state index is 5.48. The first-order valence-corrected chi connectivity index (χ1v) is 7.77. The molecule has 4 rings (SSSR count). The molecule has 1 saturated carbocycles. The number of nitrogens with two attached hydrogens (primary N) is 1. The van der Waals surface area contributed by atoms with E-state index in [1.54, 1.807) is 0 Å². The van der Waals surface area contributed by atoms with Crippen LogP contribution < -0.4 is 5.73 Å². The van der Waals surface area contributed by atoms with E-state index in [0.717, 1.165) is 19.1 Å². The summed E-state index contributed by atoms with van der Waals surface area (Å²) < 4.78 is 5.44. The van der Waals surface area contributed by atoms with Crippen molar-refractivity contribution in [2.45, 2.75) is 59.0 Å². The van der Waals surface area contributed by atoms with Crippen LogP contribution in [0.25, 0.3) is 0 Å². The van der Waals surface area contributed by atoms with Crippen molar-refractivity contribution in [3.8, 4) is 0 Å². The SMILES string of the molecule is CC.CC.CN1CCCC1.NCC12CC(CO1)C2. The van der Waals surface area contributed by atoms with E-state index in [-0.39, 0.29) is 5.60 Å². The van der Waals surface area contributed by atoms with E-state index in [1.807, 2.05) is 27.7 Å².